The Kier molecular flexibility index (Phi) is 6.13. The summed E-state index contributed by atoms with van der Waals surface area (Å²) in [6, 6.07) is 19.5. The molecule has 3 aromatic carbocycles. The lowest BCUT2D eigenvalue weighted by Crippen LogP contribution is -2.13. The SMILES string of the molecule is CC(Nc1ncnc2c(C(=O)O)cccc12)c1cccc(NC(=O)c2ccc(Br)cc2)c1. The van der Waals surface area contributed by atoms with Gasteiger partial charge in [0.2, 0.25) is 0 Å². The Morgan fingerprint density at radius 3 is 2.50 bits per heavy atom. The highest BCUT2D eigenvalue weighted by Crippen LogP contribution is 2.27. The average molecular weight is 491 g/mol. The Hall–Kier alpha value is -3.78. The zero-order valence-corrected chi connectivity index (χ0v) is 18.6. The molecule has 0 aliphatic heterocycles. The summed E-state index contributed by atoms with van der Waals surface area (Å²) in [6.45, 7) is 1.96. The van der Waals surface area contributed by atoms with E-state index in [1.165, 1.54) is 12.4 Å². The highest BCUT2D eigenvalue weighted by atomic mass is 79.9. The second-order valence-corrected chi connectivity index (χ2v) is 8.10. The molecule has 4 aromatic rings. The number of carbonyl (C=O) groups excluding carboxylic acids is 1. The second kappa shape index (κ2) is 9.15. The molecule has 3 N–H and O–H groups in total. The van der Waals surface area contributed by atoms with Crippen LogP contribution in [-0.4, -0.2) is 27.0 Å². The molecule has 1 amide bonds. The number of halogens is 1. The molecule has 1 unspecified atom stereocenters. The van der Waals surface area contributed by atoms with Gasteiger partial charge >= 0.3 is 5.97 Å². The number of hydrogen-bond donors (Lipinski definition) is 3. The highest BCUT2D eigenvalue weighted by molar-refractivity contribution is 9.10. The number of fused-ring (bicyclic) bond motifs is 1. The molecule has 0 spiro atoms. The normalized spacial score (nSPS) is 11.7. The second-order valence-electron chi connectivity index (χ2n) is 7.18. The fourth-order valence-corrected chi connectivity index (χ4v) is 3.62. The van der Waals surface area contributed by atoms with Gasteiger partial charge in [-0.3, -0.25) is 4.79 Å². The molecule has 0 aliphatic carbocycles. The van der Waals surface area contributed by atoms with Crippen molar-refractivity contribution in [3.8, 4) is 0 Å². The van der Waals surface area contributed by atoms with E-state index in [4.69, 9.17) is 0 Å². The molecule has 4 rings (SSSR count). The number of aromatic carboxylic acids is 1. The van der Waals surface area contributed by atoms with Gasteiger partial charge in [0.15, 0.2) is 0 Å². The summed E-state index contributed by atoms with van der Waals surface area (Å²) < 4.78 is 0.906. The molecular formula is C24H19BrN4O3. The molecular weight excluding hydrogens is 472 g/mol. The maximum absolute atomic E-state index is 12.5. The van der Waals surface area contributed by atoms with Crippen molar-refractivity contribution in [3.05, 3.63) is 94.2 Å². The summed E-state index contributed by atoms with van der Waals surface area (Å²) in [5.41, 5.74) is 2.66. The molecule has 1 atom stereocenters. The summed E-state index contributed by atoms with van der Waals surface area (Å²) in [7, 11) is 0. The quantitative estimate of drug-likeness (QED) is 0.328. The van der Waals surface area contributed by atoms with Gasteiger partial charge in [-0.25, -0.2) is 14.8 Å². The van der Waals surface area contributed by atoms with Crippen LogP contribution in [0.1, 0.15) is 39.2 Å². The third kappa shape index (κ3) is 4.60. The minimum absolute atomic E-state index is 0.123. The first-order valence-corrected chi connectivity index (χ1v) is 10.6. The van der Waals surface area contributed by atoms with Gasteiger partial charge in [-0.1, -0.05) is 34.1 Å². The van der Waals surface area contributed by atoms with Crippen molar-refractivity contribution in [2.75, 3.05) is 10.6 Å². The predicted octanol–water partition coefficient (Wildman–Crippen LogP) is 5.52. The third-order valence-corrected chi connectivity index (χ3v) is 5.53. The number of rotatable bonds is 6. The molecule has 0 bridgehead atoms. The van der Waals surface area contributed by atoms with Gasteiger partial charge in [-0.2, -0.15) is 0 Å². The summed E-state index contributed by atoms with van der Waals surface area (Å²) in [5.74, 6) is -0.698. The van der Waals surface area contributed by atoms with E-state index < -0.39 is 5.97 Å². The van der Waals surface area contributed by atoms with Crippen molar-refractivity contribution in [2.24, 2.45) is 0 Å². The smallest absolute Gasteiger partial charge is 0.337 e. The number of anilines is 2. The number of nitrogens with one attached hydrogen (secondary N) is 2. The van der Waals surface area contributed by atoms with Crippen LogP contribution in [0.3, 0.4) is 0 Å². The molecule has 8 heteroatoms. The zero-order chi connectivity index (χ0) is 22.7. The first-order valence-electron chi connectivity index (χ1n) is 9.83. The Morgan fingerprint density at radius 1 is 1.00 bits per heavy atom. The fourth-order valence-electron chi connectivity index (χ4n) is 3.35. The topological polar surface area (TPSA) is 104 Å². The van der Waals surface area contributed by atoms with E-state index in [1.54, 1.807) is 24.3 Å². The van der Waals surface area contributed by atoms with Gasteiger partial charge < -0.3 is 15.7 Å². The predicted molar refractivity (Wildman–Crippen MR) is 127 cm³/mol. The van der Waals surface area contributed by atoms with Crippen molar-refractivity contribution < 1.29 is 14.7 Å². The maximum atomic E-state index is 12.5. The van der Waals surface area contributed by atoms with Crippen LogP contribution in [0.25, 0.3) is 10.9 Å². The van der Waals surface area contributed by atoms with Crippen molar-refractivity contribution >= 4 is 50.2 Å². The number of carbonyl (C=O) groups is 2. The van der Waals surface area contributed by atoms with E-state index in [0.29, 0.717) is 28.0 Å². The molecule has 0 fully saturated rings. The summed E-state index contributed by atoms with van der Waals surface area (Å²) >= 11 is 3.36. The Balaban J connectivity index is 1.55. The summed E-state index contributed by atoms with van der Waals surface area (Å²) in [5, 5.41) is 16.3. The van der Waals surface area contributed by atoms with Crippen LogP contribution in [0, 0.1) is 0 Å². The zero-order valence-electron chi connectivity index (χ0n) is 17.0. The minimum atomic E-state index is -1.04. The van der Waals surface area contributed by atoms with Crippen molar-refractivity contribution in [2.45, 2.75) is 13.0 Å². The standard InChI is InChI=1S/C24H19BrN4O3/c1-14(28-22-19-6-3-7-20(24(31)32)21(19)26-13-27-22)16-4-2-5-18(12-16)29-23(30)15-8-10-17(25)11-9-15/h2-14H,1H3,(H,29,30)(H,31,32)(H,26,27,28). The number of nitrogens with zero attached hydrogens (tertiary/aromatic N) is 2. The summed E-state index contributed by atoms with van der Waals surface area (Å²) in [4.78, 5) is 32.5. The van der Waals surface area contributed by atoms with Gasteiger partial charge in [-0.05, 0) is 61.0 Å². The fraction of sp³-hybridized carbons (Fsp3) is 0.0833. The van der Waals surface area contributed by atoms with Crippen LogP contribution in [0.4, 0.5) is 11.5 Å². The van der Waals surface area contributed by atoms with E-state index in [0.717, 1.165) is 10.0 Å². The Bertz CT molecular complexity index is 1310. The van der Waals surface area contributed by atoms with Gasteiger partial charge in [0.05, 0.1) is 17.1 Å². The van der Waals surface area contributed by atoms with E-state index in [1.807, 2.05) is 43.3 Å². The van der Waals surface area contributed by atoms with Crippen molar-refractivity contribution in [3.63, 3.8) is 0 Å². The van der Waals surface area contributed by atoms with Crippen LogP contribution in [0.2, 0.25) is 0 Å². The van der Waals surface area contributed by atoms with Gasteiger partial charge in [-0.15, -0.1) is 0 Å². The van der Waals surface area contributed by atoms with E-state index in [2.05, 4.69) is 36.5 Å². The molecule has 32 heavy (non-hydrogen) atoms. The number of carboxylic acids is 1. The number of amides is 1. The lowest BCUT2D eigenvalue weighted by molar-refractivity contribution is 0.0698. The van der Waals surface area contributed by atoms with Crippen LogP contribution >= 0.6 is 15.9 Å². The Morgan fingerprint density at radius 2 is 1.75 bits per heavy atom. The van der Waals surface area contributed by atoms with Crippen LogP contribution < -0.4 is 10.6 Å². The lowest BCUT2D eigenvalue weighted by atomic mass is 10.1. The lowest BCUT2D eigenvalue weighted by Gasteiger charge is -2.17. The minimum Gasteiger partial charge on any atom is -0.478 e. The molecule has 0 saturated heterocycles. The third-order valence-electron chi connectivity index (χ3n) is 5.00. The molecule has 0 saturated carbocycles. The van der Waals surface area contributed by atoms with Crippen LogP contribution in [0.15, 0.2) is 77.5 Å². The molecule has 0 radical (unpaired) electrons. The summed E-state index contributed by atoms with van der Waals surface area (Å²) in [6.07, 6.45) is 1.35. The molecule has 7 nitrogen and oxygen atoms in total. The van der Waals surface area contributed by atoms with Crippen LogP contribution in [0.5, 0.6) is 0 Å². The molecule has 1 heterocycles. The number of para-hydroxylation sites is 1. The maximum Gasteiger partial charge on any atom is 0.337 e. The van der Waals surface area contributed by atoms with Crippen molar-refractivity contribution in [1.29, 1.82) is 0 Å². The average Bonchev–Trinajstić information content (AvgIpc) is 2.79. The van der Waals surface area contributed by atoms with Gasteiger partial charge in [0.1, 0.15) is 12.1 Å². The monoisotopic (exact) mass is 490 g/mol. The van der Waals surface area contributed by atoms with Crippen molar-refractivity contribution in [1.82, 2.24) is 9.97 Å². The Labute approximate surface area is 192 Å². The van der Waals surface area contributed by atoms with E-state index >= 15 is 0 Å². The molecule has 160 valence electrons. The largest absolute Gasteiger partial charge is 0.478 e. The van der Waals surface area contributed by atoms with Gasteiger partial charge in [0, 0.05) is 21.1 Å². The van der Waals surface area contributed by atoms with E-state index in [9.17, 15) is 14.7 Å². The van der Waals surface area contributed by atoms with Gasteiger partial charge in [0.25, 0.3) is 5.91 Å². The van der Waals surface area contributed by atoms with E-state index in [-0.39, 0.29) is 17.5 Å². The first-order chi connectivity index (χ1) is 15.4. The number of aromatic nitrogens is 2. The molecule has 1 aromatic heterocycles. The number of carboxylic acid groups (broad SMARTS) is 1. The number of benzene rings is 3. The van der Waals surface area contributed by atoms with Crippen LogP contribution in [-0.2, 0) is 0 Å². The number of hydrogen-bond acceptors (Lipinski definition) is 5. The molecule has 0 aliphatic rings. The first kappa shape index (κ1) is 21.5. The highest BCUT2D eigenvalue weighted by Gasteiger charge is 2.15.